The van der Waals surface area contributed by atoms with Gasteiger partial charge in [0, 0.05) is 39.6 Å². The summed E-state index contributed by atoms with van der Waals surface area (Å²) in [5, 5.41) is 10.8. The number of fused-ring (bicyclic) bond motifs is 1. The number of carbonyl (C=O) groups excluding carboxylic acids is 1. The Kier molecular flexibility index (Phi) is 3.42. The van der Waals surface area contributed by atoms with Gasteiger partial charge in [0.2, 0.25) is 0 Å². The van der Waals surface area contributed by atoms with Gasteiger partial charge in [0.15, 0.2) is 11.6 Å². The molecule has 0 saturated heterocycles. The number of nitrogens with zero attached hydrogens (tertiary/aromatic N) is 2. The number of allylic oxidation sites excluding steroid dienone is 2. The number of halogens is 1. The Balaban J connectivity index is 1.93. The van der Waals surface area contributed by atoms with Gasteiger partial charge < -0.3 is 5.32 Å². The lowest BCUT2D eigenvalue weighted by molar-refractivity contribution is -0.118. The zero-order valence-electron chi connectivity index (χ0n) is 13.9. The average Bonchev–Trinajstić information content (AvgIpc) is 2.86. The van der Waals surface area contributed by atoms with Crippen molar-refractivity contribution in [1.29, 1.82) is 0 Å². The van der Waals surface area contributed by atoms with Gasteiger partial charge in [-0.1, -0.05) is 13.8 Å². The minimum atomic E-state index is -0.160. The van der Waals surface area contributed by atoms with E-state index in [4.69, 9.17) is 0 Å². The highest BCUT2D eigenvalue weighted by molar-refractivity contribution is 9.10. The molecular formula is C18H19BrN4O. The van der Waals surface area contributed by atoms with Crippen LogP contribution in [0.15, 0.2) is 34.1 Å². The number of rotatable bonds is 1. The van der Waals surface area contributed by atoms with Crippen LogP contribution in [0.4, 0.5) is 5.82 Å². The fraction of sp³-hybridized carbons (Fsp3) is 0.389. The van der Waals surface area contributed by atoms with Gasteiger partial charge in [0.05, 0.1) is 11.6 Å². The van der Waals surface area contributed by atoms with Crippen molar-refractivity contribution in [2.45, 2.75) is 39.5 Å². The van der Waals surface area contributed by atoms with Gasteiger partial charge in [-0.15, -0.1) is 0 Å². The van der Waals surface area contributed by atoms with E-state index in [1.807, 2.05) is 19.1 Å². The van der Waals surface area contributed by atoms with Gasteiger partial charge in [-0.2, -0.15) is 5.10 Å². The number of aryl methyl sites for hydroxylation is 1. The van der Waals surface area contributed by atoms with Crippen molar-refractivity contribution in [1.82, 2.24) is 15.2 Å². The minimum Gasteiger partial charge on any atom is -0.342 e. The number of aromatic amines is 1. The van der Waals surface area contributed by atoms with Crippen LogP contribution >= 0.6 is 15.9 Å². The van der Waals surface area contributed by atoms with Crippen LogP contribution in [0, 0.1) is 12.3 Å². The van der Waals surface area contributed by atoms with Gasteiger partial charge >= 0.3 is 0 Å². The maximum Gasteiger partial charge on any atom is 0.162 e. The fourth-order valence-corrected chi connectivity index (χ4v) is 4.04. The van der Waals surface area contributed by atoms with Crippen molar-refractivity contribution in [2.75, 3.05) is 5.32 Å². The molecule has 2 aromatic heterocycles. The predicted molar refractivity (Wildman–Crippen MR) is 95.8 cm³/mol. The van der Waals surface area contributed by atoms with Crippen LogP contribution in [-0.2, 0) is 4.79 Å². The number of Topliss-reactive ketones (excluding diaryl/α,β-unsaturated/α-hetero) is 1. The summed E-state index contributed by atoms with van der Waals surface area (Å²) in [5.41, 5.74) is 4.67. The molecule has 1 unspecified atom stereocenters. The SMILES string of the molecule is Cc1[nH]nc2c1C(c1ccc(Br)cn1)C1=C(CC(C)(C)CC1=O)N2. The maximum absolute atomic E-state index is 13.0. The van der Waals surface area contributed by atoms with E-state index in [9.17, 15) is 4.79 Å². The summed E-state index contributed by atoms with van der Waals surface area (Å²) < 4.78 is 0.926. The molecule has 4 rings (SSSR count). The van der Waals surface area contributed by atoms with Gasteiger partial charge in [0.1, 0.15) is 0 Å². The molecule has 0 radical (unpaired) electrons. The van der Waals surface area contributed by atoms with E-state index in [1.54, 1.807) is 6.20 Å². The van der Waals surface area contributed by atoms with Gasteiger partial charge in [0.25, 0.3) is 0 Å². The molecule has 1 aliphatic carbocycles. The molecule has 0 amide bonds. The Morgan fingerprint density at radius 1 is 1.29 bits per heavy atom. The summed E-state index contributed by atoms with van der Waals surface area (Å²) in [6, 6.07) is 3.95. The van der Waals surface area contributed by atoms with Gasteiger partial charge in [-0.25, -0.2) is 0 Å². The Hall–Kier alpha value is -1.95. The normalized spacial score (nSPS) is 22.0. The van der Waals surface area contributed by atoms with Crippen LogP contribution in [-0.4, -0.2) is 21.0 Å². The minimum absolute atomic E-state index is 0.0382. The molecule has 1 aliphatic heterocycles. The first kappa shape index (κ1) is 15.6. The molecule has 2 aromatic rings. The van der Waals surface area contributed by atoms with Crippen molar-refractivity contribution in [2.24, 2.45) is 5.41 Å². The lowest BCUT2D eigenvalue weighted by atomic mass is 9.70. The molecule has 0 saturated carbocycles. The van der Waals surface area contributed by atoms with E-state index < -0.39 is 0 Å². The number of hydrogen-bond acceptors (Lipinski definition) is 4. The third-order valence-corrected chi connectivity index (χ3v) is 5.28. The van der Waals surface area contributed by atoms with E-state index >= 15 is 0 Å². The van der Waals surface area contributed by atoms with Crippen molar-refractivity contribution < 1.29 is 4.79 Å². The molecule has 0 fully saturated rings. The van der Waals surface area contributed by atoms with E-state index in [0.29, 0.717) is 6.42 Å². The molecule has 6 heteroatoms. The van der Waals surface area contributed by atoms with Gasteiger partial charge in [-0.05, 0) is 46.8 Å². The molecule has 1 atom stereocenters. The van der Waals surface area contributed by atoms with Crippen LogP contribution in [0.1, 0.15) is 49.6 Å². The zero-order chi connectivity index (χ0) is 17.1. The molecule has 5 nitrogen and oxygen atoms in total. The highest BCUT2D eigenvalue weighted by atomic mass is 79.9. The van der Waals surface area contributed by atoms with Crippen molar-refractivity contribution in [3.8, 4) is 0 Å². The van der Waals surface area contributed by atoms with Crippen LogP contribution in [0.3, 0.4) is 0 Å². The van der Waals surface area contributed by atoms with E-state index in [2.05, 4.69) is 50.3 Å². The highest BCUT2D eigenvalue weighted by Crippen LogP contribution is 2.48. The van der Waals surface area contributed by atoms with Crippen molar-refractivity contribution in [3.05, 3.63) is 51.0 Å². The number of hydrogen-bond donors (Lipinski definition) is 2. The topological polar surface area (TPSA) is 70.7 Å². The first-order chi connectivity index (χ1) is 11.4. The number of pyridine rings is 1. The number of aromatic nitrogens is 3. The Bertz CT molecular complexity index is 864. The number of anilines is 1. The molecule has 2 aliphatic rings. The molecule has 24 heavy (non-hydrogen) atoms. The largest absolute Gasteiger partial charge is 0.342 e. The van der Waals surface area contributed by atoms with Crippen LogP contribution in [0.2, 0.25) is 0 Å². The Morgan fingerprint density at radius 3 is 2.79 bits per heavy atom. The molecule has 124 valence electrons. The number of H-pyrrole nitrogens is 1. The smallest absolute Gasteiger partial charge is 0.162 e. The van der Waals surface area contributed by atoms with Crippen LogP contribution < -0.4 is 5.32 Å². The van der Waals surface area contributed by atoms with Crippen LogP contribution in [0.5, 0.6) is 0 Å². The van der Waals surface area contributed by atoms with Crippen LogP contribution in [0.25, 0.3) is 0 Å². The first-order valence-corrected chi connectivity index (χ1v) is 8.84. The van der Waals surface area contributed by atoms with E-state index in [0.717, 1.165) is 44.9 Å². The first-order valence-electron chi connectivity index (χ1n) is 8.05. The second-order valence-electron chi connectivity index (χ2n) is 7.40. The molecule has 0 bridgehead atoms. The quantitative estimate of drug-likeness (QED) is 0.774. The second-order valence-corrected chi connectivity index (χ2v) is 8.32. The summed E-state index contributed by atoms with van der Waals surface area (Å²) in [6.07, 6.45) is 3.18. The lowest BCUT2D eigenvalue weighted by Gasteiger charge is -2.37. The average molecular weight is 387 g/mol. The summed E-state index contributed by atoms with van der Waals surface area (Å²) in [4.78, 5) is 17.6. The number of carbonyl (C=O) groups is 1. The third-order valence-electron chi connectivity index (χ3n) is 4.81. The second kappa shape index (κ2) is 5.28. The van der Waals surface area contributed by atoms with E-state index in [1.165, 1.54) is 0 Å². The Labute approximate surface area is 149 Å². The zero-order valence-corrected chi connectivity index (χ0v) is 15.5. The molecule has 2 N–H and O–H groups in total. The third kappa shape index (κ3) is 2.40. The van der Waals surface area contributed by atoms with Crippen molar-refractivity contribution in [3.63, 3.8) is 0 Å². The highest BCUT2D eigenvalue weighted by Gasteiger charge is 2.42. The molecule has 0 aromatic carbocycles. The molecule has 0 spiro atoms. The molecule has 3 heterocycles. The summed E-state index contributed by atoms with van der Waals surface area (Å²) >= 11 is 3.43. The van der Waals surface area contributed by atoms with E-state index in [-0.39, 0.29) is 17.1 Å². The fourth-order valence-electron chi connectivity index (χ4n) is 3.81. The number of nitrogens with one attached hydrogen (secondary N) is 2. The standard InChI is InChI=1S/C18H19BrN4O/c1-9-14-16(11-5-4-10(19)8-20-11)15-12(21-17(14)23-22-9)6-18(2,3)7-13(15)24/h4-5,8,16H,6-7H2,1-3H3,(H2,21,22,23). The van der Waals surface area contributed by atoms with Crippen molar-refractivity contribution >= 4 is 27.5 Å². The number of ketones is 1. The summed E-state index contributed by atoms with van der Waals surface area (Å²) in [6.45, 7) is 6.26. The lowest BCUT2D eigenvalue weighted by Crippen LogP contribution is -2.34. The summed E-state index contributed by atoms with van der Waals surface area (Å²) in [5.74, 6) is 0.855. The summed E-state index contributed by atoms with van der Waals surface area (Å²) in [7, 11) is 0. The molecular weight excluding hydrogens is 368 g/mol. The maximum atomic E-state index is 13.0. The Morgan fingerprint density at radius 2 is 2.08 bits per heavy atom. The monoisotopic (exact) mass is 386 g/mol. The van der Waals surface area contributed by atoms with Gasteiger partial charge in [-0.3, -0.25) is 14.9 Å². The predicted octanol–water partition coefficient (Wildman–Crippen LogP) is 4.08.